The van der Waals surface area contributed by atoms with Crippen LogP contribution in [0.4, 0.5) is 0 Å². The summed E-state index contributed by atoms with van der Waals surface area (Å²) in [5.74, 6) is 0.223. The van der Waals surface area contributed by atoms with Crippen LogP contribution >= 0.6 is 23.2 Å². The van der Waals surface area contributed by atoms with Crippen LogP contribution in [-0.4, -0.2) is 5.78 Å². The van der Waals surface area contributed by atoms with E-state index in [4.69, 9.17) is 23.2 Å². The number of hydrogen-bond acceptors (Lipinski definition) is 1. The molecular weight excluding hydrogens is 387 g/mol. The average molecular weight is 428 g/mol. The molecule has 0 spiro atoms. The molecule has 0 fully saturated rings. The Hall–Kier alpha value is -0.530. The van der Waals surface area contributed by atoms with Gasteiger partial charge in [-0.3, -0.25) is 4.79 Å². The third-order valence-electron chi connectivity index (χ3n) is 5.58. The van der Waals surface area contributed by atoms with Crippen molar-refractivity contribution in [2.24, 2.45) is 0 Å². The molecule has 0 aromatic heterocycles. The summed E-state index contributed by atoms with van der Waals surface area (Å²) in [5.41, 5.74) is 1.62. The minimum absolute atomic E-state index is 0.223. The molecule has 0 bridgehead atoms. The van der Waals surface area contributed by atoms with Crippen LogP contribution in [0.3, 0.4) is 0 Å². The zero-order valence-corrected chi connectivity index (χ0v) is 19.6. The quantitative estimate of drug-likeness (QED) is 0.137. The second-order valence-corrected chi connectivity index (χ2v) is 9.54. The first kappa shape index (κ1) is 25.5. The Balaban J connectivity index is 2.04. The lowest BCUT2D eigenvalue weighted by Crippen LogP contribution is -2.09. The zero-order valence-electron chi connectivity index (χ0n) is 18.1. The highest BCUT2D eigenvalue weighted by atomic mass is 35.5. The second kappa shape index (κ2) is 15.3. The molecule has 0 heterocycles. The Morgan fingerprint density at radius 2 is 1.14 bits per heavy atom. The highest BCUT2D eigenvalue weighted by Gasteiger charge is 2.23. The van der Waals surface area contributed by atoms with Crippen LogP contribution in [0.1, 0.15) is 126 Å². The number of carbonyl (C=O) groups excluding carboxylic acids is 1. The number of halogens is 2. The van der Waals surface area contributed by atoms with Crippen LogP contribution in [0.15, 0.2) is 24.3 Å². The number of carbonyl (C=O) groups is 1. The molecule has 1 nitrogen and oxygen atoms in total. The molecule has 0 amide bonds. The van der Waals surface area contributed by atoms with E-state index in [1.54, 1.807) is 0 Å². The monoisotopic (exact) mass is 426 g/mol. The standard InChI is InChI=1S/C25H40Cl2O/c1-3-5-6-7-8-9-10-11-12-13-14-15-16-17-24(28)22-18-20-23(21-19-22)25(26,27)4-2/h18-21H,3-17H2,1-2H3. The van der Waals surface area contributed by atoms with Crippen LogP contribution in [0, 0.1) is 0 Å². The number of hydrogen-bond donors (Lipinski definition) is 0. The van der Waals surface area contributed by atoms with E-state index in [1.165, 1.54) is 70.6 Å². The van der Waals surface area contributed by atoms with E-state index in [1.807, 2.05) is 31.2 Å². The molecule has 160 valence electrons. The fourth-order valence-electron chi connectivity index (χ4n) is 3.55. The second-order valence-electron chi connectivity index (χ2n) is 8.05. The molecule has 0 saturated heterocycles. The van der Waals surface area contributed by atoms with Gasteiger partial charge in [-0.15, -0.1) is 0 Å². The maximum Gasteiger partial charge on any atom is 0.162 e. The van der Waals surface area contributed by atoms with Gasteiger partial charge in [-0.1, -0.05) is 138 Å². The number of benzene rings is 1. The first-order chi connectivity index (χ1) is 13.5. The smallest absolute Gasteiger partial charge is 0.162 e. The van der Waals surface area contributed by atoms with Crippen molar-refractivity contribution in [2.45, 2.75) is 114 Å². The molecule has 0 unspecified atom stereocenters. The Morgan fingerprint density at radius 3 is 1.57 bits per heavy atom. The molecule has 1 aromatic carbocycles. The lowest BCUT2D eigenvalue weighted by atomic mass is 10.0. The van der Waals surface area contributed by atoms with Gasteiger partial charge >= 0.3 is 0 Å². The Kier molecular flexibility index (Phi) is 14.0. The van der Waals surface area contributed by atoms with Crippen LogP contribution in [0.25, 0.3) is 0 Å². The summed E-state index contributed by atoms with van der Waals surface area (Å²) in [5, 5.41) is 0. The fourth-order valence-corrected chi connectivity index (χ4v) is 3.80. The molecule has 0 saturated carbocycles. The molecule has 0 radical (unpaired) electrons. The summed E-state index contributed by atoms with van der Waals surface area (Å²) in [4.78, 5) is 12.3. The van der Waals surface area contributed by atoms with Gasteiger partial charge < -0.3 is 0 Å². The summed E-state index contributed by atoms with van der Waals surface area (Å²) in [6, 6.07) is 7.46. The average Bonchev–Trinajstić information content (AvgIpc) is 2.71. The lowest BCUT2D eigenvalue weighted by molar-refractivity contribution is 0.0979. The molecule has 1 aromatic rings. The van der Waals surface area contributed by atoms with Gasteiger partial charge in [0.15, 0.2) is 5.78 Å². The van der Waals surface area contributed by atoms with E-state index in [9.17, 15) is 4.79 Å². The molecule has 0 aliphatic rings. The first-order valence-electron chi connectivity index (χ1n) is 11.5. The van der Waals surface area contributed by atoms with E-state index in [0.717, 1.165) is 24.0 Å². The molecule has 28 heavy (non-hydrogen) atoms. The molecule has 0 aliphatic carbocycles. The van der Waals surface area contributed by atoms with Gasteiger partial charge in [0.05, 0.1) is 0 Å². The molecule has 3 heteroatoms. The molecule has 0 N–H and O–H groups in total. The van der Waals surface area contributed by atoms with Crippen molar-refractivity contribution in [3.8, 4) is 0 Å². The van der Waals surface area contributed by atoms with Gasteiger partial charge in [-0.05, 0) is 18.4 Å². The van der Waals surface area contributed by atoms with E-state index in [-0.39, 0.29) is 5.78 Å². The van der Waals surface area contributed by atoms with E-state index in [0.29, 0.717) is 12.8 Å². The SMILES string of the molecule is CCCCCCCCCCCCCCCC(=O)c1ccc(C(Cl)(Cl)CC)cc1. The van der Waals surface area contributed by atoms with Crippen LogP contribution in [0.2, 0.25) is 0 Å². The predicted molar refractivity (Wildman–Crippen MR) is 125 cm³/mol. The van der Waals surface area contributed by atoms with Gasteiger partial charge in [0.1, 0.15) is 4.33 Å². The van der Waals surface area contributed by atoms with Gasteiger partial charge in [-0.25, -0.2) is 0 Å². The van der Waals surface area contributed by atoms with Crippen molar-refractivity contribution in [1.82, 2.24) is 0 Å². The summed E-state index contributed by atoms with van der Waals surface area (Å²) < 4.78 is -0.864. The summed E-state index contributed by atoms with van der Waals surface area (Å²) in [6.45, 7) is 4.22. The topological polar surface area (TPSA) is 17.1 Å². The first-order valence-corrected chi connectivity index (χ1v) is 12.3. The van der Waals surface area contributed by atoms with Crippen molar-refractivity contribution in [1.29, 1.82) is 0 Å². The van der Waals surface area contributed by atoms with Crippen LogP contribution in [-0.2, 0) is 4.33 Å². The molecule has 0 atom stereocenters. The van der Waals surface area contributed by atoms with Crippen molar-refractivity contribution < 1.29 is 4.79 Å². The summed E-state index contributed by atoms with van der Waals surface area (Å²) in [6.07, 6.45) is 18.5. The third kappa shape index (κ3) is 10.9. The van der Waals surface area contributed by atoms with E-state index < -0.39 is 4.33 Å². The molecular formula is C25H40Cl2O. The maximum atomic E-state index is 12.3. The third-order valence-corrected chi connectivity index (χ3v) is 6.55. The number of unbranched alkanes of at least 4 members (excludes halogenated alkanes) is 12. The van der Waals surface area contributed by atoms with Gasteiger partial charge in [0.2, 0.25) is 0 Å². The van der Waals surface area contributed by atoms with Crippen LogP contribution in [0.5, 0.6) is 0 Å². The number of rotatable bonds is 17. The van der Waals surface area contributed by atoms with Gasteiger partial charge in [0, 0.05) is 12.0 Å². The zero-order chi connectivity index (χ0) is 20.7. The Bertz CT molecular complexity index is 522. The normalized spacial score (nSPS) is 11.7. The summed E-state index contributed by atoms with van der Waals surface area (Å²) >= 11 is 12.5. The largest absolute Gasteiger partial charge is 0.294 e. The van der Waals surface area contributed by atoms with Gasteiger partial charge in [-0.2, -0.15) is 0 Å². The maximum absolute atomic E-state index is 12.3. The van der Waals surface area contributed by atoms with Crippen LogP contribution < -0.4 is 0 Å². The Morgan fingerprint density at radius 1 is 0.714 bits per heavy atom. The summed E-state index contributed by atoms with van der Waals surface area (Å²) in [7, 11) is 0. The number of Topliss-reactive ketones (excluding diaryl/α,β-unsaturated/α-hetero) is 1. The highest BCUT2D eigenvalue weighted by Crippen LogP contribution is 2.37. The molecule has 0 aliphatic heterocycles. The fraction of sp³-hybridized carbons (Fsp3) is 0.720. The number of ketones is 1. The predicted octanol–water partition coefficient (Wildman–Crippen LogP) is 9.39. The lowest BCUT2D eigenvalue weighted by Gasteiger charge is -2.17. The van der Waals surface area contributed by atoms with E-state index >= 15 is 0 Å². The van der Waals surface area contributed by atoms with Crippen molar-refractivity contribution >= 4 is 29.0 Å². The van der Waals surface area contributed by atoms with Gasteiger partial charge in [0.25, 0.3) is 0 Å². The number of alkyl halides is 2. The van der Waals surface area contributed by atoms with Crippen molar-refractivity contribution in [3.05, 3.63) is 35.4 Å². The minimum atomic E-state index is -0.864. The highest BCUT2D eigenvalue weighted by molar-refractivity contribution is 6.47. The minimum Gasteiger partial charge on any atom is -0.294 e. The van der Waals surface area contributed by atoms with Crippen molar-refractivity contribution in [2.75, 3.05) is 0 Å². The van der Waals surface area contributed by atoms with Crippen molar-refractivity contribution in [3.63, 3.8) is 0 Å². The molecule has 1 rings (SSSR count). The Labute approximate surface area is 183 Å². The van der Waals surface area contributed by atoms with E-state index in [2.05, 4.69) is 6.92 Å².